The third kappa shape index (κ3) is 3.35. The van der Waals surface area contributed by atoms with E-state index in [-0.39, 0.29) is 12.1 Å². The van der Waals surface area contributed by atoms with E-state index in [1.54, 1.807) is 24.6 Å². The number of urea groups is 1. The normalized spacial score (nSPS) is 16.5. The van der Waals surface area contributed by atoms with E-state index in [1.165, 1.54) is 10.4 Å². The van der Waals surface area contributed by atoms with E-state index in [0.717, 1.165) is 42.0 Å². The minimum absolute atomic E-state index is 0.0237. The second-order valence-electron chi connectivity index (χ2n) is 6.37. The van der Waals surface area contributed by atoms with Gasteiger partial charge in [-0.15, -0.1) is 11.3 Å². The SMILES string of the molecule is CC[C@H]1c2ccsc2CCN1C(=O)NCc1ncc(C)c(OC)c1C. The van der Waals surface area contributed by atoms with E-state index in [2.05, 4.69) is 28.7 Å². The molecule has 6 heteroatoms. The summed E-state index contributed by atoms with van der Waals surface area (Å²) in [6, 6.07) is 2.30. The van der Waals surface area contributed by atoms with Crippen molar-refractivity contribution in [1.82, 2.24) is 15.2 Å². The molecule has 0 saturated carbocycles. The van der Waals surface area contributed by atoms with Gasteiger partial charge in [0.15, 0.2) is 0 Å². The van der Waals surface area contributed by atoms with E-state index >= 15 is 0 Å². The average molecular weight is 359 g/mol. The van der Waals surface area contributed by atoms with Crippen LogP contribution in [0.1, 0.15) is 46.6 Å². The van der Waals surface area contributed by atoms with Crippen molar-refractivity contribution < 1.29 is 9.53 Å². The number of pyridine rings is 1. The summed E-state index contributed by atoms with van der Waals surface area (Å²) in [6.45, 7) is 7.26. The summed E-state index contributed by atoms with van der Waals surface area (Å²) < 4.78 is 5.44. The first-order valence-electron chi connectivity index (χ1n) is 8.66. The van der Waals surface area contributed by atoms with Crippen molar-refractivity contribution in [2.24, 2.45) is 0 Å². The lowest BCUT2D eigenvalue weighted by molar-refractivity contribution is 0.167. The zero-order chi connectivity index (χ0) is 18.0. The van der Waals surface area contributed by atoms with Gasteiger partial charge in [0.1, 0.15) is 5.75 Å². The van der Waals surface area contributed by atoms with Crippen LogP contribution in [-0.2, 0) is 13.0 Å². The molecule has 2 aromatic heterocycles. The number of hydrogen-bond acceptors (Lipinski definition) is 4. The maximum Gasteiger partial charge on any atom is 0.318 e. The van der Waals surface area contributed by atoms with Crippen LogP contribution < -0.4 is 10.1 Å². The number of aromatic nitrogens is 1. The first-order chi connectivity index (χ1) is 12.1. The molecule has 1 atom stereocenters. The fourth-order valence-electron chi connectivity index (χ4n) is 3.59. The number of nitrogens with zero attached hydrogens (tertiary/aromatic N) is 2. The van der Waals surface area contributed by atoms with Gasteiger partial charge < -0.3 is 15.0 Å². The van der Waals surface area contributed by atoms with Crippen molar-refractivity contribution in [2.45, 2.75) is 46.2 Å². The number of ether oxygens (including phenoxy) is 1. The topological polar surface area (TPSA) is 54.5 Å². The Morgan fingerprint density at radius 2 is 2.28 bits per heavy atom. The number of carbonyl (C=O) groups is 1. The molecule has 0 saturated heterocycles. The van der Waals surface area contributed by atoms with Crippen LogP contribution in [0, 0.1) is 13.8 Å². The second-order valence-corrected chi connectivity index (χ2v) is 7.37. The Labute approximate surface area is 153 Å². The Hall–Kier alpha value is -2.08. The Kier molecular flexibility index (Phi) is 5.27. The quantitative estimate of drug-likeness (QED) is 0.898. The standard InChI is InChI=1S/C19H25N3O2S/c1-5-16-14-7-9-25-17(14)6-8-22(16)19(23)21-11-15-13(3)18(24-4)12(2)10-20-15/h7,9-10,16H,5-6,8,11H2,1-4H3,(H,21,23)/t16-/m0/s1. The van der Waals surface area contributed by atoms with Crippen molar-refractivity contribution in [3.63, 3.8) is 0 Å². The monoisotopic (exact) mass is 359 g/mol. The number of amides is 2. The van der Waals surface area contributed by atoms with Gasteiger partial charge in [-0.05, 0) is 43.7 Å². The molecular formula is C19H25N3O2S. The van der Waals surface area contributed by atoms with Gasteiger partial charge in [-0.2, -0.15) is 0 Å². The van der Waals surface area contributed by atoms with Crippen molar-refractivity contribution in [3.8, 4) is 5.75 Å². The third-order valence-corrected chi connectivity index (χ3v) is 5.90. The lowest BCUT2D eigenvalue weighted by Gasteiger charge is -2.35. The highest BCUT2D eigenvalue weighted by Crippen LogP contribution is 2.35. The molecule has 1 N–H and O–H groups in total. The number of fused-ring (bicyclic) bond motifs is 1. The van der Waals surface area contributed by atoms with Gasteiger partial charge in [-0.3, -0.25) is 4.98 Å². The molecule has 3 rings (SSSR count). The molecule has 0 spiro atoms. The molecule has 3 heterocycles. The molecular weight excluding hydrogens is 334 g/mol. The number of thiophene rings is 1. The van der Waals surface area contributed by atoms with Gasteiger partial charge in [-0.1, -0.05) is 6.92 Å². The van der Waals surface area contributed by atoms with Gasteiger partial charge in [0, 0.05) is 28.7 Å². The number of rotatable bonds is 4. The molecule has 0 aromatic carbocycles. The lowest BCUT2D eigenvalue weighted by Crippen LogP contribution is -2.45. The molecule has 1 aliphatic rings. The maximum atomic E-state index is 12.8. The Balaban J connectivity index is 1.71. The van der Waals surface area contributed by atoms with E-state index in [1.807, 2.05) is 18.7 Å². The smallest absolute Gasteiger partial charge is 0.318 e. The van der Waals surface area contributed by atoms with E-state index < -0.39 is 0 Å². The minimum atomic E-state index is -0.0237. The average Bonchev–Trinajstić information content (AvgIpc) is 3.09. The summed E-state index contributed by atoms with van der Waals surface area (Å²) in [5.74, 6) is 0.839. The lowest BCUT2D eigenvalue weighted by atomic mass is 9.98. The number of aryl methyl sites for hydroxylation is 1. The van der Waals surface area contributed by atoms with Crippen molar-refractivity contribution in [1.29, 1.82) is 0 Å². The minimum Gasteiger partial charge on any atom is -0.496 e. The predicted molar refractivity (Wildman–Crippen MR) is 100 cm³/mol. The zero-order valence-corrected chi connectivity index (χ0v) is 16.1. The van der Waals surface area contributed by atoms with Crippen molar-refractivity contribution >= 4 is 17.4 Å². The fourth-order valence-corrected chi connectivity index (χ4v) is 4.52. The summed E-state index contributed by atoms with van der Waals surface area (Å²) in [5.41, 5.74) is 4.13. The van der Waals surface area contributed by atoms with E-state index in [9.17, 15) is 4.79 Å². The molecule has 0 fully saturated rings. The summed E-state index contributed by atoms with van der Waals surface area (Å²) in [6.07, 6.45) is 3.65. The highest BCUT2D eigenvalue weighted by molar-refractivity contribution is 7.10. The Bertz CT molecular complexity index is 772. The molecule has 1 aliphatic heterocycles. The van der Waals surface area contributed by atoms with Crippen molar-refractivity contribution in [2.75, 3.05) is 13.7 Å². The van der Waals surface area contributed by atoms with E-state index in [0.29, 0.717) is 6.54 Å². The molecule has 0 aliphatic carbocycles. The molecule has 134 valence electrons. The van der Waals surface area contributed by atoms with Gasteiger partial charge in [0.2, 0.25) is 0 Å². The third-order valence-electron chi connectivity index (χ3n) is 4.90. The molecule has 2 amide bonds. The summed E-state index contributed by atoms with van der Waals surface area (Å²) in [5, 5.41) is 5.17. The molecule has 0 bridgehead atoms. The molecule has 2 aromatic rings. The largest absolute Gasteiger partial charge is 0.496 e. The Morgan fingerprint density at radius 1 is 1.48 bits per heavy atom. The predicted octanol–water partition coefficient (Wildman–Crippen LogP) is 3.99. The fraction of sp³-hybridized carbons (Fsp3) is 0.474. The summed E-state index contributed by atoms with van der Waals surface area (Å²) >= 11 is 1.79. The summed E-state index contributed by atoms with van der Waals surface area (Å²) in [4.78, 5) is 20.6. The highest BCUT2D eigenvalue weighted by atomic mass is 32.1. The second kappa shape index (κ2) is 7.44. The number of carbonyl (C=O) groups excluding carboxylic acids is 1. The maximum absolute atomic E-state index is 12.8. The number of nitrogens with one attached hydrogen (secondary N) is 1. The number of hydrogen-bond donors (Lipinski definition) is 1. The summed E-state index contributed by atoms with van der Waals surface area (Å²) in [7, 11) is 1.66. The van der Waals surface area contributed by atoms with Crippen molar-refractivity contribution in [3.05, 3.63) is 44.9 Å². The van der Waals surface area contributed by atoms with Crippen LogP contribution in [0.4, 0.5) is 4.79 Å². The highest BCUT2D eigenvalue weighted by Gasteiger charge is 2.30. The van der Waals surface area contributed by atoms with Crippen LogP contribution in [-0.4, -0.2) is 29.6 Å². The molecule has 25 heavy (non-hydrogen) atoms. The van der Waals surface area contributed by atoms with Crippen LogP contribution in [0.15, 0.2) is 17.6 Å². The van der Waals surface area contributed by atoms with Gasteiger partial charge in [0.05, 0.1) is 25.4 Å². The first-order valence-corrected chi connectivity index (χ1v) is 9.54. The van der Waals surface area contributed by atoms with Crippen LogP contribution in [0.3, 0.4) is 0 Å². The van der Waals surface area contributed by atoms with Gasteiger partial charge >= 0.3 is 6.03 Å². The van der Waals surface area contributed by atoms with Gasteiger partial charge in [0.25, 0.3) is 0 Å². The van der Waals surface area contributed by atoms with Crippen LogP contribution in [0.5, 0.6) is 5.75 Å². The molecule has 0 radical (unpaired) electrons. The van der Waals surface area contributed by atoms with Crippen LogP contribution in [0.2, 0.25) is 0 Å². The van der Waals surface area contributed by atoms with Gasteiger partial charge in [-0.25, -0.2) is 4.79 Å². The molecule has 5 nitrogen and oxygen atoms in total. The van der Waals surface area contributed by atoms with Crippen LogP contribution in [0.25, 0.3) is 0 Å². The Morgan fingerprint density at radius 3 is 3.00 bits per heavy atom. The molecule has 0 unspecified atom stereocenters. The first kappa shape index (κ1) is 17.7. The van der Waals surface area contributed by atoms with E-state index in [4.69, 9.17) is 4.74 Å². The van der Waals surface area contributed by atoms with Crippen LogP contribution >= 0.6 is 11.3 Å². The number of methoxy groups -OCH3 is 1. The zero-order valence-electron chi connectivity index (χ0n) is 15.3.